The van der Waals surface area contributed by atoms with Gasteiger partial charge < -0.3 is 4.98 Å². The van der Waals surface area contributed by atoms with Crippen LogP contribution in [0.2, 0.25) is 10.0 Å². The van der Waals surface area contributed by atoms with Crippen LogP contribution in [0.4, 0.5) is 0 Å². The lowest BCUT2D eigenvalue weighted by atomic mass is 10.3. The molecule has 1 N–H and O–H groups in total. The van der Waals surface area contributed by atoms with Crippen molar-refractivity contribution in [3.63, 3.8) is 0 Å². The third-order valence-electron chi connectivity index (χ3n) is 1.82. The summed E-state index contributed by atoms with van der Waals surface area (Å²) >= 11 is 11.7. The van der Waals surface area contributed by atoms with Gasteiger partial charge >= 0.3 is 0 Å². The van der Waals surface area contributed by atoms with Gasteiger partial charge in [0.1, 0.15) is 5.82 Å². The number of nitrogens with zero attached hydrogens (tertiary/aromatic N) is 2. The second-order valence-corrected chi connectivity index (χ2v) is 3.62. The number of fused-ring (bicyclic) bond motifs is 1. The lowest BCUT2D eigenvalue weighted by Gasteiger charge is -1.93. The normalized spacial score (nSPS) is 10.4. The van der Waals surface area contributed by atoms with Crippen molar-refractivity contribution in [3.8, 4) is 6.07 Å². The fourth-order valence-electron chi connectivity index (χ4n) is 1.22. The highest BCUT2D eigenvalue weighted by atomic mass is 35.5. The van der Waals surface area contributed by atoms with E-state index >= 15 is 0 Å². The van der Waals surface area contributed by atoms with Gasteiger partial charge in [0, 0.05) is 0 Å². The van der Waals surface area contributed by atoms with Crippen molar-refractivity contribution in [2.24, 2.45) is 0 Å². The monoisotopic (exact) mass is 225 g/mol. The summed E-state index contributed by atoms with van der Waals surface area (Å²) in [5.74, 6) is 0.626. The van der Waals surface area contributed by atoms with Gasteiger partial charge in [0.2, 0.25) is 0 Å². The van der Waals surface area contributed by atoms with E-state index in [-0.39, 0.29) is 6.42 Å². The third-order valence-corrected chi connectivity index (χ3v) is 2.54. The minimum absolute atomic E-state index is 0.254. The minimum atomic E-state index is 0.254. The van der Waals surface area contributed by atoms with E-state index in [1.165, 1.54) is 0 Å². The molecule has 0 spiro atoms. The first-order valence-corrected chi connectivity index (χ1v) is 4.67. The molecule has 1 aromatic heterocycles. The molecule has 2 rings (SSSR count). The van der Waals surface area contributed by atoms with Crippen molar-refractivity contribution in [2.45, 2.75) is 6.42 Å². The number of aromatic nitrogens is 2. The Morgan fingerprint density at radius 2 is 2.07 bits per heavy atom. The van der Waals surface area contributed by atoms with Crippen LogP contribution in [-0.4, -0.2) is 9.97 Å². The fraction of sp³-hybridized carbons (Fsp3) is 0.111. The number of benzene rings is 1. The zero-order chi connectivity index (χ0) is 10.1. The van der Waals surface area contributed by atoms with Gasteiger partial charge in [-0.05, 0) is 12.1 Å². The first-order valence-electron chi connectivity index (χ1n) is 3.91. The Morgan fingerprint density at radius 3 is 2.79 bits per heavy atom. The van der Waals surface area contributed by atoms with Crippen LogP contribution in [0.1, 0.15) is 5.82 Å². The number of nitrogens with one attached hydrogen (secondary N) is 1. The molecule has 0 amide bonds. The topological polar surface area (TPSA) is 52.5 Å². The highest BCUT2D eigenvalue weighted by Gasteiger charge is 2.05. The number of hydrogen-bond donors (Lipinski definition) is 1. The van der Waals surface area contributed by atoms with Gasteiger partial charge in [-0.25, -0.2) is 4.98 Å². The predicted molar refractivity (Wildman–Crippen MR) is 55.4 cm³/mol. The molecule has 0 saturated heterocycles. The summed E-state index contributed by atoms with van der Waals surface area (Å²) in [4.78, 5) is 7.17. The fourth-order valence-corrected chi connectivity index (χ4v) is 1.54. The maximum absolute atomic E-state index is 8.49. The van der Waals surface area contributed by atoms with Crippen molar-refractivity contribution < 1.29 is 0 Å². The van der Waals surface area contributed by atoms with Gasteiger partial charge in [0.25, 0.3) is 0 Å². The third kappa shape index (κ3) is 1.54. The largest absolute Gasteiger partial charge is 0.341 e. The van der Waals surface area contributed by atoms with Crippen molar-refractivity contribution in [2.75, 3.05) is 0 Å². The molecule has 1 aromatic carbocycles. The molecule has 0 aliphatic heterocycles. The van der Waals surface area contributed by atoms with Crippen molar-refractivity contribution >= 4 is 34.2 Å². The van der Waals surface area contributed by atoms with Crippen LogP contribution in [0.25, 0.3) is 11.0 Å². The van der Waals surface area contributed by atoms with Gasteiger partial charge in [-0.15, -0.1) is 0 Å². The molecule has 5 heteroatoms. The van der Waals surface area contributed by atoms with E-state index in [4.69, 9.17) is 28.5 Å². The standard InChI is InChI=1S/C9H5Cl2N3/c10-5-3-7-8(4-6(5)11)14-9(13-7)1-2-12/h3-4H,1H2,(H,13,14). The van der Waals surface area contributed by atoms with E-state index in [1.807, 2.05) is 6.07 Å². The van der Waals surface area contributed by atoms with Gasteiger partial charge in [-0.2, -0.15) is 5.26 Å². The summed E-state index contributed by atoms with van der Waals surface area (Å²) in [6.07, 6.45) is 0.254. The average Bonchev–Trinajstić information content (AvgIpc) is 2.48. The van der Waals surface area contributed by atoms with Gasteiger partial charge in [0.15, 0.2) is 0 Å². The molecule has 14 heavy (non-hydrogen) atoms. The minimum Gasteiger partial charge on any atom is -0.341 e. The van der Waals surface area contributed by atoms with Crippen LogP contribution in [0.5, 0.6) is 0 Å². The van der Waals surface area contributed by atoms with E-state index in [2.05, 4.69) is 9.97 Å². The van der Waals surface area contributed by atoms with Gasteiger partial charge in [-0.3, -0.25) is 0 Å². The highest BCUT2D eigenvalue weighted by molar-refractivity contribution is 6.42. The molecule has 0 unspecified atom stereocenters. The zero-order valence-electron chi connectivity index (χ0n) is 7.01. The van der Waals surface area contributed by atoms with Crippen LogP contribution in [0.3, 0.4) is 0 Å². The van der Waals surface area contributed by atoms with Crippen LogP contribution in [0, 0.1) is 11.3 Å². The Bertz CT molecular complexity index is 486. The number of H-pyrrole nitrogens is 1. The molecule has 0 atom stereocenters. The van der Waals surface area contributed by atoms with E-state index < -0.39 is 0 Å². The maximum atomic E-state index is 8.49. The molecular weight excluding hydrogens is 221 g/mol. The summed E-state index contributed by atoms with van der Waals surface area (Å²) in [6, 6.07) is 5.39. The van der Waals surface area contributed by atoms with Gasteiger partial charge in [0.05, 0.1) is 33.6 Å². The van der Waals surface area contributed by atoms with Crippen molar-refractivity contribution in [1.82, 2.24) is 9.97 Å². The van der Waals surface area contributed by atoms with Gasteiger partial charge in [-0.1, -0.05) is 23.2 Å². The smallest absolute Gasteiger partial charge is 0.121 e. The molecular formula is C9H5Cl2N3. The summed E-state index contributed by atoms with van der Waals surface area (Å²) in [5.41, 5.74) is 1.52. The molecule has 2 aromatic rings. The number of imidazole rings is 1. The molecule has 0 aliphatic carbocycles. The van der Waals surface area contributed by atoms with Crippen molar-refractivity contribution in [1.29, 1.82) is 5.26 Å². The maximum Gasteiger partial charge on any atom is 0.121 e. The summed E-state index contributed by atoms with van der Waals surface area (Å²) < 4.78 is 0. The van der Waals surface area contributed by atoms with E-state index in [9.17, 15) is 0 Å². The van der Waals surface area contributed by atoms with E-state index in [0.29, 0.717) is 15.9 Å². The summed E-state index contributed by atoms with van der Waals surface area (Å²) in [5, 5.41) is 9.44. The van der Waals surface area contributed by atoms with Crippen LogP contribution in [0.15, 0.2) is 12.1 Å². The molecule has 0 radical (unpaired) electrons. The Balaban J connectivity index is 2.61. The Morgan fingerprint density at radius 1 is 1.36 bits per heavy atom. The number of nitriles is 1. The lowest BCUT2D eigenvalue weighted by molar-refractivity contribution is 1.08. The second kappa shape index (κ2) is 3.49. The Labute approximate surface area is 90.3 Å². The van der Waals surface area contributed by atoms with Crippen LogP contribution in [-0.2, 0) is 6.42 Å². The molecule has 0 bridgehead atoms. The highest BCUT2D eigenvalue weighted by Crippen LogP contribution is 2.26. The lowest BCUT2D eigenvalue weighted by Crippen LogP contribution is -1.81. The molecule has 0 fully saturated rings. The average molecular weight is 226 g/mol. The quantitative estimate of drug-likeness (QED) is 0.812. The van der Waals surface area contributed by atoms with E-state index in [1.54, 1.807) is 12.1 Å². The molecule has 0 aliphatic rings. The number of rotatable bonds is 1. The zero-order valence-corrected chi connectivity index (χ0v) is 8.52. The molecule has 3 nitrogen and oxygen atoms in total. The van der Waals surface area contributed by atoms with Crippen molar-refractivity contribution in [3.05, 3.63) is 28.0 Å². The molecule has 0 saturated carbocycles. The first-order chi connectivity index (χ1) is 6.70. The van der Waals surface area contributed by atoms with Crippen LogP contribution < -0.4 is 0 Å². The number of hydrogen-bond acceptors (Lipinski definition) is 2. The summed E-state index contributed by atoms with van der Waals surface area (Å²) in [7, 11) is 0. The number of aromatic amines is 1. The SMILES string of the molecule is N#CCc1nc2cc(Cl)c(Cl)cc2[nH]1. The summed E-state index contributed by atoms with van der Waals surface area (Å²) in [6.45, 7) is 0. The van der Waals surface area contributed by atoms with Crippen LogP contribution >= 0.6 is 23.2 Å². The Hall–Kier alpha value is -1.24. The first kappa shape index (κ1) is 9.32. The second-order valence-electron chi connectivity index (χ2n) is 2.80. The molecule has 70 valence electrons. The Kier molecular flexibility index (Phi) is 2.32. The predicted octanol–water partition coefficient (Wildman–Crippen LogP) is 2.94. The number of halogens is 2. The molecule has 1 heterocycles. The van der Waals surface area contributed by atoms with E-state index in [0.717, 1.165) is 11.0 Å².